The second kappa shape index (κ2) is 10.1. The first-order valence-corrected chi connectivity index (χ1v) is 14.5. The highest BCUT2D eigenvalue weighted by Crippen LogP contribution is 2.58. The Morgan fingerprint density at radius 1 is 1.16 bits per heavy atom. The predicted octanol–water partition coefficient (Wildman–Crippen LogP) is 1.52. The number of benzene rings is 2. The lowest BCUT2D eigenvalue weighted by Gasteiger charge is -2.29. The Labute approximate surface area is 247 Å². The number of ether oxygens (including phenoxy) is 2. The number of oxazole rings is 1. The lowest BCUT2D eigenvalue weighted by molar-refractivity contribution is -0.130. The Bertz CT molecular complexity index is 1640. The Morgan fingerprint density at radius 2 is 1.98 bits per heavy atom. The van der Waals surface area contributed by atoms with Crippen LogP contribution in [0, 0.1) is 5.92 Å². The second-order valence-corrected chi connectivity index (χ2v) is 11.9. The molecule has 224 valence electrons. The molecule has 3 aromatic rings. The number of carbonyl (C=O) groups is 3. The largest absolute Gasteiger partial charge is 0.469 e. The Balaban J connectivity index is 1.42. The molecule has 4 bridgehead atoms. The molecule has 5 N–H and O–H groups in total. The van der Waals surface area contributed by atoms with Gasteiger partial charge in [-0.1, -0.05) is 44.2 Å². The van der Waals surface area contributed by atoms with Gasteiger partial charge in [-0.05, 0) is 35.6 Å². The molecule has 4 aliphatic heterocycles. The third-order valence-electron chi connectivity index (χ3n) is 8.85. The molecule has 2 unspecified atom stereocenters. The van der Waals surface area contributed by atoms with Gasteiger partial charge >= 0.3 is 5.97 Å². The first-order valence-electron chi connectivity index (χ1n) is 14.5. The van der Waals surface area contributed by atoms with Crippen LogP contribution in [0.3, 0.4) is 0 Å². The number of aromatic nitrogens is 1. The molecule has 43 heavy (non-hydrogen) atoms. The molecule has 6 atom stereocenters. The molecular weight excluding hydrogens is 554 g/mol. The van der Waals surface area contributed by atoms with Gasteiger partial charge in [0.05, 0.1) is 19.3 Å². The van der Waals surface area contributed by atoms with Crippen LogP contribution in [0.15, 0.2) is 46.9 Å². The lowest BCUT2D eigenvalue weighted by Crippen LogP contribution is -2.53. The fourth-order valence-electron chi connectivity index (χ4n) is 6.73. The molecule has 7 rings (SSSR count). The van der Waals surface area contributed by atoms with Crippen molar-refractivity contribution in [1.29, 1.82) is 0 Å². The normalized spacial score (nSPS) is 28.5. The quantitative estimate of drug-likeness (QED) is 0.283. The number of anilines is 1. The van der Waals surface area contributed by atoms with Gasteiger partial charge in [-0.25, -0.2) is 9.78 Å². The summed E-state index contributed by atoms with van der Waals surface area (Å²) in [5, 5.41) is 22.3. The predicted molar refractivity (Wildman–Crippen MR) is 152 cm³/mol. The van der Waals surface area contributed by atoms with Crippen LogP contribution >= 0.6 is 0 Å². The van der Waals surface area contributed by atoms with Crippen molar-refractivity contribution in [2.75, 3.05) is 19.0 Å². The molecule has 0 radical (unpaired) electrons. The molecule has 4 aliphatic rings. The van der Waals surface area contributed by atoms with Crippen molar-refractivity contribution in [3.8, 4) is 5.75 Å². The van der Waals surface area contributed by atoms with Crippen molar-refractivity contribution < 1.29 is 33.4 Å². The van der Waals surface area contributed by atoms with Crippen LogP contribution in [0.4, 0.5) is 5.69 Å². The van der Waals surface area contributed by atoms with E-state index in [1.165, 1.54) is 7.11 Å². The van der Waals surface area contributed by atoms with Gasteiger partial charge in [0.2, 0.25) is 17.7 Å². The maximum Gasteiger partial charge on any atom is 0.360 e. The van der Waals surface area contributed by atoms with Gasteiger partial charge in [-0.2, -0.15) is 0 Å². The molecule has 5 heterocycles. The van der Waals surface area contributed by atoms with E-state index < -0.39 is 47.7 Å². The summed E-state index contributed by atoms with van der Waals surface area (Å²) >= 11 is 0. The summed E-state index contributed by atoms with van der Waals surface area (Å²) in [5.41, 5.74) is 2.10. The molecule has 1 saturated heterocycles. The fourth-order valence-corrected chi connectivity index (χ4v) is 6.73. The number of rotatable bonds is 4. The maximum absolute atomic E-state index is 13.8. The number of hydrogen-bond acceptors (Lipinski definition) is 10. The van der Waals surface area contributed by atoms with Crippen molar-refractivity contribution in [3.63, 3.8) is 0 Å². The van der Waals surface area contributed by atoms with E-state index in [2.05, 4.69) is 26.3 Å². The van der Waals surface area contributed by atoms with Gasteiger partial charge in [-0.15, -0.1) is 0 Å². The molecule has 1 spiro atoms. The first kappa shape index (κ1) is 27.4. The molecule has 0 saturated carbocycles. The number of nitrogens with zero attached hydrogens (tertiary/aromatic N) is 1. The van der Waals surface area contributed by atoms with Crippen molar-refractivity contribution in [1.82, 2.24) is 20.9 Å². The molecule has 1 fully saturated rings. The van der Waals surface area contributed by atoms with Crippen LogP contribution < -0.4 is 26.0 Å². The summed E-state index contributed by atoms with van der Waals surface area (Å²) in [4.78, 5) is 45.0. The lowest BCUT2D eigenvalue weighted by atomic mass is 9.72. The second-order valence-electron chi connectivity index (χ2n) is 11.9. The minimum Gasteiger partial charge on any atom is -0.469 e. The van der Waals surface area contributed by atoms with Gasteiger partial charge in [0.1, 0.15) is 23.2 Å². The van der Waals surface area contributed by atoms with Crippen molar-refractivity contribution in [3.05, 3.63) is 76.5 Å². The number of hydrogen-bond donors (Lipinski definition) is 5. The number of methoxy groups -OCH3 is 1. The van der Waals surface area contributed by atoms with E-state index in [-0.39, 0.29) is 42.0 Å². The number of aliphatic hydroxyl groups excluding tert-OH is 1. The average Bonchev–Trinajstić information content (AvgIpc) is 3.75. The van der Waals surface area contributed by atoms with Crippen LogP contribution in [0.1, 0.15) is 65.1 Å². The van der Waals surface area contributed by atoms with Crippen LogP contribution in [0.5, 0.6) is 5.75 Å². The Hall–Kier alpha value is -4.42. The van der Waals surface area contributed by atoms with E-state index in [0.717, 1.165) is 22.4 Å². The zero-order valence-electron chi connectivity index (χ0n) is 24.0. The Kier molecular flexibility index (Phi) is 6.44. The standard InChI is InChI=1S/C31H33N5O7/c1-14(2)23-28-36-24(29(40)41-3)25(43-28)31-17-6-4-5-7-19(17)34-30(31)42-22-9-8-15(10-18(22)31)11-21(27(39)35-23)33-26(38)20-12-16(37)13-32-20/h4-10,14,16,20-21,23,30,32,34,37H,11-13H2,1-3H3,(H,33,38)(H,35,39)/t16-,20+,21+,23?,30+,31?/m1/s1. The fraction of sp³-hybridized carbons (Fsp3) is 0.419. The number of fused-ring (bicyclic) bond motifs is 4. The van der Waals surface area contributed by atoms with Gasteiger partial charge in [0, 0.05) is 24.2 Å². The molecule has 2 aromatic carbocycles. The zero-order valence-corrected chi connectivity index (χ0v) is 24.0. The molecule has 12 heteroatoms. The molecule has 2 amide bonds. The van der Waals surface area contributed by atoms with E-state index in [0.29, 0.717) is 12.3 Å². The van der Waals surface area contributed by atoms with Gasteiger partial charge in [0.15, 0.2) is 17.7 Å². The third kappa shape index (κ3) is 4.19. The average molecular weight is 588 g/mol. The molecule has 0 aliphatic carbocycles. The molecule has 12 nitrogen and oxygen atoms in total. The summed E-state index contributed by atoms with van der Waals surface area (Å²) in [6.45, 7) is 4.12. The van der Waals surface area contributed by atoms with Crippen LogP contribution in [-0.4, -0.2) is 65.9 Å². The number of amides is 2. The summed E-state index contributed by atoms with van der Waals surface area (Å²) in [7, 11) is 1.29. The summed E-state index contributed by atoms with van der Waals surface area (Å²) in [6, 6.07) is 11.1. The van der Waals surface area contributed by atoms with Crippen molar-refractivity contribution >= 4 is 23.5 Å². The molecule has 1 aromatic heterocycles. The van der Waals surface area contributed by atoms with Gasteiger partial charge < -0.3 is 40.3 Å². The zero-order chi connectivity index (χ0) is 30.0. The summed E-state index contributed by atoms with van der Waals surface area (Å²) < 4.78 is 18.2. The number of nitrogens with one attached hydrogen (secondary N) is 4. The monoisotopic (exact) mass is 587 g/mol. The molecular formula is C31H33N5O7. The first-order chi connectivity index (χ1) is 20.7. The topological polar surface area (TPSA) is 164 Å². The number of para-hydroxylation sites is 1. The summed E-state index contributed by atoms with van der Waals surface area (Å²) in [5.74, 6) is -0.657. The van der Waals surface area contributed by atoms with Crippen LogP contribution in [0.2, 0.25) is 0 Å². The number of β-amino-alcohol motifs (C(OH)–C–C–N with tert-alkyl or cyclic N) is 1. The van der Waals surface area contributed by atoms with E-state index >= 15 is 0 Å². The van der Waals surface area contributed by atoms with Crippen LogP contribution in [0.25, 0.3) is 0 Å². The van der Waals surface area contributed by atoms with E-state index in [4.69, 9.17) is 13.9 Å². The number of aliphatic hydroxyl groups is 1. The highest BCUT2D eigenvalue weighted by molar-refractivity contribution is 5.92. The number of esters is 1. The van der Waals surface area contributed by atoms with E-state index in [1.54, 1.807) is 0 Å². The minimum absolute atomic E-state index is 0.00211. The van der Waals surface area contributed by atoms with Gasteiger partial charge in [0.25, 0.3) is 0 Å². The highest BCUT2D eigenvalue weighted by atomic mass is 16.5. The van der Waals surface area contributed by atoms with E-state index in [9.17, 15) is 19.5 Å². The number of carbonyl (C=O) groups excluding carboxylic acids is 3. The van der Waals surface area contributed by atoms with Crippen molar-refractivity contribution in [2.24, 2.45) is 5.92 Å². The van der Waals surface area contributed by atoms with Crippen molar-refractivity contribution in [2.45, 2.75) is 62.6 Å². The van der Waals surface area contributed by atoms with E-state index in [1.807, 2.05) is 56.3 Å². The third-order valence-corrected chi connectivity index (χ3v) is 8.85. The van der Waals surface area contributed by atoms with Crippen LogP contribution in [-0.2, 0) is 26.2 Å². The highest BCUT2D eigenvalue weighted by Gasteiger charge is 2.61. The smallest absolute Gasteiger partial charge is 0.360 e. The maximum atomic E-state index is 13.8. The Morgan fingerprint density at radius 3 is 2.72 bits per heavy atom. The minimum atomic E-state index is -1.09. The SMILES string of the molecule is COC(=O)c1nc2oc1C13c4ccccc4N[C@H]1Oc1ccc(cc13)C[C@H](NC(=O)[C@@H]1C[C@@H](O)CN1)C(=O)NC2C(C)C. The summed E-state index contributed by atoms with van der Waals surface area (Å²) in [6.07, 6.45) is -0.823. The van der Waals surface area contributed by atoms with Gasteiger partial charge in [-0.3, -0.25) is 9.59 Å².